The van der Waals surface area contributed by atoms with Crippen LogP contribution < -0.4 is 0 Å². The Kier molecular flexibility index (Phi) is 5.59. The van der Waals surface area contributed by atoms with Gasteiger partial charge in [0.15, 0.2) is 0 Å². The normalized spacial score (nSPS) is 11.3. The molecule has 0 aliphatic carbocycles. The topological polar surface area (TPSA) is 37.3 Å². The van der Waals surface area contributed by atoms with E-state index < -0.39 is 5.97 Å². The number of halogens is 1. The number of carbonyl (C=O) groups is 1. The third-order valence-corrected chi connectivity index (χ3v) is 6.70. The maximum atomic E-state index is 13.3. The molecule has 0 atom stereocenters. The van der Waals surface area contributed by atoms with Crippen LogP contribution in [0.15, 0.2) is 97.1 Å². The van der Waals surface area contributed by atoms with Crippen molar-refractivity contribution in [2.45, 2.75) is 0 Å². The molecular weight excluding hydrogens is 431 g/mol. The van der Waals surface area contributed by atoms with Crippen LogP contribution in [-0.4, -0.2) is 11.1 Å². The monoisotopic (exact) mass is 450 g/mol. The minimum Gasteiger partial charge on any atom is -0.478 e. The zero-order valence-electron chi connectivity index (χ0n) is 17.5. The number of carboxylic acid groups (broad SMARTS) is 1. The first-order valence-electron chi connectivity index (χ1n) is 10.5. The summed E-state index contributed by atoms with van der Waals surface area (Å²) in [4.78, 5) is 12.9. The molecule has 5 rings (SSSR count). The molecule has 0 bridgehead atoms. The molecule has 0 spiro atoms. The fourth-order valence-electron chi connectivity index (χ4n) is 3.79. The van der Waals surface area contributed by atoms with E-state index in [1.165, 1.54) is 27.1 Å². The Morgan fingerprint density at radius 3 is 2.18 bits per heavy atom. The van der Waals surface area contributed by atoms with Crippen LogP contribution in [0.5, 0.6) is 0 Å². The van der Waals surface area contributed by atoms with Gasteiger partial charge in [-0.05, 0) is 69.6 Å². The molecule has 1 N–H and O–H groups in total. The van der Waals surface area contributed by atoms with E-state index in [0.29, 0.717) is 5.56 Å². The molecular formula is C29H19FO2S. The Hall–Kier alpha value is -4.02. The van der Waals surface area contributed by atoms with Crippen molar-refractivity contribution in [2.24, 2.45) is 0 Å². The lowest BCUT2D eigenvalue weighted by Gasteiger charge is -2.07. The van der Waals surface area contributed by atoms with Gasteiger partial charge in [0, 0.05) is 9.58 Å². The van der Waals surface area contributed by atoms with E-state index in [1.54, 1.807) is 35.6 Å². The average Bonchev–Trinajstić information content (AvgIpc) is 3.28. The van der Waals surface area contributed by atoms with Crippen molar-refractivity contribution in [1.82, 2.24) is 0 Å². The number of rotatable bonds is 5. The minimum atomic E-state index is -0.986. The Morgan fingerprint density at radius 2 is 1.45 bits per heavy atom. The van der Waals surface area contributed by atoms with Crippen molar-refractivity contribution in [2.75, 3.05) is 0 Å². The number of hydrogen-bond donors (Lipinski definition) is 1. The van der Waals surface area contributed by atoms with Crippen molar-refractivity contribution in [1.29, 1.82) is 0 Å². The lowest BCUT2D eigenvalue weighted by atomic mass is 9.98. The second-order valence-electron chi connectivity index (χ2n) is 7.72. The second kappa shape index (κ2) is 8.85. The number of hydrogen-bond acceptors (Lipinski definition) is 2. The maximum absolute atomic E-state index is 13.3. The summed E-state index contributed by atoms with van der Waals surface area (Å²) in [5.41, 5.74) is 4.61. The van der Waals surface area contributed by atoms with Gasteiger partial charge >= 0.3 is 5.97 Å². The van der Waals surface area contributed by atoms with Crippen LogP contribution in [-0.2, 0) is 0 Å². The van der Waals surface area contributed by atoms with Gasteiger partial charge in [-0.25, -0.2) is 9.18 Å². The average molecular weight is 451 g/mol. The van der Waals surface area contributed by atoms with E-state index in [0.717, 1.165) is 22.3 Å². The van der Waals surface area contributed by atoms with Gasteiger partial charge in [0.05, 0.1) is 5.56 Å². The molecule has 4 heteroatoms. The maximum Gasteiger partial charge on any atom is 0.336 e. The molecule has 0 aliphatic rings. The number of carboxylic acids is 1. The van der Waals surface area contributed by atoms with Crippen molar-refractivity contribution in [3.05, 3.63) is 120 Å². The number of aromatic carboxylic acids is 1. The van der Waals surface area contributed by atoms with E-state index in [1.807, 2.05) is 42.5 Å². The molecule has 0 saturated carbocycles. The Labute approximate surface area is 194 Å². The summed E-state index contributed by atoms with van der Waals surface area (Å²) >= 11 is 1.77. The predicted molar refractivity (Wildman–Crippen MR) is 135 cm³/mol. The Bertz CT molecular complexity index is 1450. The molecule has 2 nitrogen and oxygen atoms in total. The van der Waals surface area contributed by atoms with Gasteiger partial charge in [-0.3, -0.25) is 0 Å². The van der Waals surface area contributed by atoms with Crippen LogP contribution in [0.1, 0.15) is 21.5 Å². The van der Waals surface area contributed by atoms with Gasteiger partial charge < -0.3 is 5.11 Å². The molecule has 1 heterocycles. The summed E-state index contributed by atoms with van der Waals surface area (Å²) in [6, 6.07) is 30.1. The summed E-state index contributed by atoms with van der Waals surface area (Å²) in [5, 5.41) is 10.8. The van der Waals surface area contributed by atoms with Gasteiger partial charge in [0.1, 0.15) is 5.82 Å². The first-order chi connectivity index (χ1) is 16.1. The van der Waals surface area contributed by atoms with E-state index in [9.17, 15) is 14.3 Å². The van der Waals surface area contributed by atoms with Gasteiger partial charge in [-0.1, -0.05) is 72.8 Å². The van der Waals surface area contributed by atoms with Crippen LogP contribution in [0.2, 0.25) is 0 Å². The SMILES string of the molecule is O=C(O)c1ccc(-c2ccc(F)cc2)cc1/C=C/c1ccc(-c2cc3ccccc3s2)cc1. The zero-order valence-corrected chi connectivity index (χ0v) is 18.4. The molecule has 0 fully saturated rings. The number of benzene rings is 4. The predicted octanol–water partition coefficient (Wildman–Crippen LogP) is 8.24. The fraction of sp³-hybridized carbons (Fsp3) is 0. The summed E-state index contributed by atoms with van der Waals surface area (Å²) in [5.74, 6) is -1.29. The summed E-state index contributed by atoms with van der Waals surface area (Å²) in [6.45, 7) is 0. The van der Waals surface area contributed by atoms with Gasteiger partial charge in [0.25, 0.3) is 0 Å². The molecule has 4 aromatic carbocycles. The van der Waals surface area contributed by atoms with Gasteiger partial charge in [-0.15, -0.1) is 11.3 Å². The molecule has 0 saturated heterocycles. The summed E-state index contributed by atoms with van der Waals surface area (Å²) < 4.78 is 14.5. The highest BCUT2D eigenvalue weighted by molar-refractivity contribution is 7.22. The molecule has 0 unspecified atom stereocenters. The largest absolute Gasteiger partial charge is 0.478 e. The second-order valence-corrected chi connectivity index (χ2v) is 8.80. The lowest BCUT2D eigenvalue weighted by molar-refractivity contribution is 0.0696. The van der Waals surface area contributed by atoms with Crippen molar-refractivity contribution >= 4 is 39.5 Å². The van der Waals surface area contributed by atoms with E-state index in [2.05, 4.69) is 30.3 Å². The van der Waals surface area contributed by atoms with Crippen molar-refractivity contribution in [3.63, 3.8) is 0 Å². The van der Waals surface area contributed by atoms with Crippen LogP contribution in [0.4, 0.5) is 4.39 Å². The third kappa shape index (κ3) is 4.47. The molecule has 160 valence electrons. The number of fused-ring (bicyclic) bond motifs is 1. The quantitative estimate of drug-likeness (QED) is 0.274. The summed E-state index contributed by atoms with van der Waals surface area (Å²) in [7, 11) is 0. The molecule has 0 amide bonds. The first kappa shape index (κ1) is 20.9. The highest BCUT2D eigenvalue weighted by Crippen LogP contribution is 2.33. The van der Waals surface area contributed by atoms with Crippen molar-refractivity contribution < 1.29 is 14.3 Å². The molecule has 0 radical (unpaired) electrons. The van der Waals surface area contributed by atoms with Crippen LogP contribution in [0.25, 0.3) is 43.8 Å². The molecule has 1 aromatic heterocycles. The Balaban J connectivity index is 1.43. The van der Waals surface area contributed by atoms with Crippen molar-refractivity contribution in [3.8, 4) is 21.6 Å². The fourth-order valence-corrected chi connectivity index (χ4v) is 4.85. The third-order valence-electron chi connectivity index (χ3n) is 5.54. The number of thiophene rings is 1. The van der Waals surface area contributed by atoms with Crippen LogP contribution in [0, 0.1) is 5.82 Å². The van der Waals surface area contributed by atoms with Gasteiger partial charge in [0.2, 0.25) is 0 Å². The standard InChI is InChI=1S/C29H19FO2S/c30-25-14-11-20(12-15-25)22-13-16-26(29(31)32)23(17-22)10-7-19-5-8-21(9-6-19)28-18-24-3-1-2-4-27(24)33-28/h1-18H,(H,31,32)/b10-7+. The van der Waals surface area contributed by atoms with Crippen LogP contribution in [0.3, 0.4) is 0 Å². The summed E-state index contributed by atoms with van der Waals surface area (Å²) in [6.07, 6.45) is 3.72. The highest BCUT2D eigenvalue weighted by Gasteiger charge is 2.10. The van der Waals surface area contributed by atoms with E-state index in [-0.39, 0.29) is 11.4 Å². The zero-order chi connectivity index (χ0) is 22.8. The van der Waals surface area contributed by atoms with Crippen LogP contribution >= 0.6 is 11.3 Å². The smallest absolute Gasteiger partial charge is 0.336 e. The minimum absolute atomic E-state index is 0.221. The highest BCUT2D eigenvalue weighted by atomic mass is 32.1. The lowest BCUT2D eigenvalue weighted by Crippen LogP contribution is -1.99. The Morgan fingerprint density at radius 1 is 0.758 bits per heavy atom. The molecule has 5 aromatic rings. The molecule has 33 heavy (non-hydrogen) atoms. The molecule has 0 aliphatic heterocycles. The van der Waals surface area contributed by atoms with E-state index >= 15 is 0 Å². The first-order valence-corrected chi connectivity index (χ1v) is 11.3. The van der Waals surface area contributed by atoms with Gasteiger partial charge in [-0.2, -0.15) is 0 Å². The van der Waals surface area contributed by atoms with E-state index in [4.69, 9.17) is 0 Å².